The maximum Gasteiger partial charge on any atom is 0.339 e. The predicted octanol–water partition coefficient (Wildman–Crippen LogP) is 2.71. The lowest BCUT2D eigenvalue weighted by Gasteiger charge is -2.31. The maximum absolute atomic E-state index is 12.7. The van der Waals surface area contributed by atoms with Crippen molar-refractivity contribution in [1.82, 2.24) is 0 Å². The number of carbonyl (C=O) groups is 3. The van der Waals surface area contributed by atoms with Crippen LogP contribution in [0.4, 0.5) is 5.69 Å². The summed E-state index contributed by atoms with van der Waals surface area (Å²) in [5, 5.41) is 12.2. The molecule has 0 heterocycles. The molecule has 2 N–H and O–H groups in total. The van der Waals surface area contributed by atoms with Crippen molar-refractivity contribution < 1.29 is 24.2 Å². The van der Waals surface area contributed by atoms with Crippen LogP contribution in [0.2, 0.25) is 0 Å². The second-order valence-corrected chi connectivity index (χ2v) is 6.07. The van der Waals surface area contributed by atoms with Crippen molar-refractivity contribution in [3.63, 3.8) is 0 Å². The lowest BCUT2D eigenvalue weighted by atomic mass is 9.73. The Hall–Kier alpha value is -2.63. The number of carboxylic acids is 1. The van der Waals surface area contributed by atoms with Crippen LogP contribution >= 0.6 is 0 Å². The number of ether oxygens (including phenoxy) is 1. The van der Waals surface area contributed by atoms with E-state index in [1.807, 2.05) is 13.0 Å². The number of esters is 1. The second kappa shape index (κ2) is 7.29. The first kappa shape index (κ1) is 17.7. The Balaban J connectivity index is 2.28. The Labute approximate surface area is 140 Å². The molecule has 24 heavy (non-hydrogen) atoms. The summed E-state index contributed by atoms with van der Waals surface area (Å²) in [5.74, 6) is -3.67. The number of rotatable bonds is 4. The Kier molecular flexibility index (Phi) is 5.39. The number of carbonyl (C=O) groups excluding carboxylic acids is 2. The van der Waals surface area contributed by atoms with Crippen molar-refractivity contribution in [3.8, 4) is 0 Å². The lowest BCUT2D eigenvalue weighted by molar-refractivity contribution is -0.148. The summed E-state index contributed by atoms with van der Waals surface area (Å²) in [6.45, 7) is 3.68. The normalized spacial score (nSPS) is 23.1. The highest BCUT2D eigenvalue weighted by atomic mass is 16.5. The molecule has 0 aliphatic heterocycles. The van der Waals surface area contributed by atoms with Gasteiger partial charge in [0, 0.05) is 0 Å². The topological polar surface area (TPSA) is 92.7 Å². The molecule has 0 fully saturated rings. The van der Waals surface area contributed by atoms with Gasteiger partial charge in [-0.1, -0.05) is 30.7 Å². The SMILES string of the molecule is COC(=O)c1ccccc1NC(=O)C1CC(C)=CC(C)C1C(=O)O. The number of aliphatic carboxylic acids is 1. The molecule has 0 saturated heterocycles. The smallest absolute Gasteiger partial charge is 0.339 e. The highest BCUT2D eigenvalue weighted by Gasteiger charge is 2.39. The molecule has 2 rings (SSSR count). The van der Waals surface area contributed by atoms with E-state index < -0.39 is 29.7 Å². The molecule has 0 aromatic heterocycles. The van der Waals surface area contributed by atoms with Crippen LogP contribution in [0.1, 0.15) is 30.6 Å². The molecule has 1 aliphatic rings. The lowest BCUT2D eigenvalue weighted by Crippen LogP contribution is -2.39. The average molecular weight is 331 g/mol. The van der Waals surface area contributed by atoms with Gasteiger partial charge in [-0.25, -0.2) is 4.79 Å². The highest BCUT2D eigenvalue weighted by molar-refractivity contribution is 6.02. The van der Waals surface area contributed by atoms with Gasteiger partial charge in [-0.15, -0.1) is 0 Å². The van der Waals surface area contributed by atoms with Crippen molar-refractivity contribution >= 4 is 23.5 Å². The van der Waals surface area contributed by atoms with Crippen LogP contribution in [0.25, 0.3) is 0 Å². The fraction of sp³-hybridized carbons (Fsp3) is 0.389. The Morgan fingerprint density at radius 1 is 1.25 bits per heavy atom. The molecule has 1 aliphatic carbocycles. The van der Waals surface area contributed by atoms with Crippen LogP contribution in [0.15, 0.2) is 35.9 Å². The maximum atomic E-state index is 12.7. The number of hydrogen-bond donors (Lipinski definition) is 2. The number of para-hydroxylation sites is 1. The minimum Gasteiger partial charge on any atom is -0.481 e. The van der Waals surface area contributed by atoms with E-state index in [4.69, 9.17) is 4.74 Å². The number of hydrogen-bond acceptors (Lipinski definition) is 4. The number of amides is 1. The van der Waals surface area contributed by atoms with Crippen LogP contribution in [-0.2, 0) is 14.3 Å². The van der Waals surface area contributed by atoms with Gasteiger partial charge < -0.3 is 15.2 Å². The van der Waals surface area contributed by atoms with Crippen molar-refractivity contribution in [2.24, 2.45) is 17.8 Å². The number of nitrogens with one attached hydrogen (secondary N) is 1. The van der Waals surface area contributed by atoms with Crippen molar-refractivity contribution in [3.05, 3.63) is 41.5 Å². The second-order valence-electron chi connectivity index (χ2n) is 6.07. The summed E-state index contributed by atoms with van der Waals surface area (Å²) < 4.78 is 4.70. The molecule has 0 bridgehead atoms. The molecule has 6 nitrogen and oxygen atoms in total. The number of carboxylic acid groups (broad SMARTS) is 1. The molecular weight excluding hydrogens is 310 g/mol. The molecule has 1 aromatic carbocycles. The third kappa shape index (κ3) is 3.64. The first-order valence-electron chi connectivity index (χ1n) is 7.73. The number of anilines is 1. The van der Waals surface area contributed by atoms with Gasteiger partial charge in [-0.3, -0.25) is 9.59 Å². The molecule has 0 radical (unpaired) electrons. The summed E-state index contributed by atoms with van der Waals surface area (Å²) in [5.41, 5.74) is 1.54. The minimum absolute atomic E-state index is 0.233. The molecule has 6 heteroatoms. The van der Waals surface area contributed by atoms with Gasteiger partial charge in [-0.05, 0) is 31.4 Å². The van der Waals surface area contributed by atoms with Gasteiger partial charge >= 0.3 is 11.9 Å². The Morgan fingerprint density at radius 3 is 2.54 bits per heavy atom. The van der Waals surface area contributed by atoms with Gasteiger partial charge in [0.1, 0.15) is 0 Å². The van der Waals surface area contributed by atoms with E-state index in [9.17, 15) is 19.5 Å². The zero-order valence-corrected chi connectivity index (χ0v) is 13.9. The van der Waals surface area contributed by atoms with Crippen LogP contribution in [0.3, 0.4) is 0 Å². The minimum atomic E-state index is -0.993. The fourth-order valence-corrected chi connectivity index (χ4v) is 3.22. The molecular formula is C18H21NO5. The van der Waals surface area contributed by atoms with Crippen LogP contribution in [0.5, 0.6) is 0 Å². The Bertz CT molecular complexity index is 694. The monoisotopic (exact) mass is 331 g/mol. The van der Waals surface area contributed by atoms with Crippen LogP contribution in [-0.4, -0.2) is 30.1 Å². The summed E-state index contributed by atoms with van der Waals surface area (Å²) >= 11 is 0. The molecule has 3 unspecified atom stereocenters. The molecule has 3 atom stereocenters. The highest BCUT2D eigenvalue weighted by Crippen LogP contribution is 2.35. The fourth-order valence-electron chi connectivity index (χ4n) is 3.22. The summed E-state index contributed by atoms with van der Waals surface area (Å²) in [7, 11) is 1.26. The Morgan fingerprint density at radius 2 is 1.92 bits per heavy atom. The third-order valence-electron chi connectivity index (χ3n) is 4.30. The number of methoxy groups -OCH3 is 1. The number of benzene rings is 1. The first-order valence-corrected chi connectivity index (χ1v) is 7.73. The zero-order chi connectivity index (χ0) is 17.9. The predicted molar refractivity (Wildman–Crippen MR) is 88.6 cm³/mol. The number of allylic oxidation sites excluding steroid dienone is 2. The summed E-state index contributed by atoms with van der Waals surface area (Å²) in [6, 6.07) is 6.49. The van der Waals surface area contributed by atoms with Gasteiger partial charge in [0.05, 0.1) is 30.2 Å². The van der Waals surface area contributed by atoms with Gasteiger partial charge in [-0.2, -0.15) is 0 Å². The van der Waals surface area contributed by atoms with E-state index in [0.717, 1.165) is 5.57 Å². The zero-order valence-electron chi connectivity index (χ0n) is 13.9. The third-order valence-corrected chi connectivity index (χ3v) is 4.30. The largest absolute Gasteiger partial charge is 0.481 e. The molecule has 128 valence electrons. The van der Waals surface area contributed by atoms with Crippen LogP contribution in [0, 0.1) is 17.8 Å². The average Bonchev–Trinajstić information content (AvgIpc) is 2.53. The van der Waals surface area contributed by atoms with E-state index in [1.54, 1.807) is 31.2 Å². The molecule has 0 saturated carbocycles. The van der Waals surface area contributed by atoms with E-state index >= 15 is 0 Å². The summed E-state index contributed by atoms with van der Waals surface area (Å²) in [4.78, 5) is 36.1. The van der Waals surface area contributed by atoms with E-state index in [1.165, 1.54) is 7.11 Å². The van der Waals surface area contributed by atoms with Crippen LogP contribution < -0.4 is 5.32 Å². The molecule has 1 aromatic rings. The molecule has 0 spiro atoms. The van der Waals surface area contributed by atoms with E-state index in [-0.39, 0.29) is 11.5 Å². The summed E-state index contributed by atoms with van der Waals surface area (Å²) in [6.07, 6.45) is 2.28. The van der Waals surface area contributed by atoms with Gasteiger partial charge in [0.2, 0.25) is 5.91 Å². The molecule has 1 amide bonds. The quantitative estimate of drug-likeness (QED) is 0.654. The first-order chi connectivity index (χ1) is 11.3. The van der Waals surface area contributed by atoms with Gasteiger partial charge in [0.15, 0.2) is 0 Å². The van der Waals surface area contributed by atoms with Gasteiger partial charge in [0.25, 0.3) is 0 Å². The standard InChI is InChI=1S/C18H21NO5/c1-10-8-11(2)15(17(21)22)13(9-10)16(20)19-14-7-5-4-6-12(14)18(23)24-3/h4-8,11,13,15H,9H2,1-3H3,(H,19,20)(H,21,22). The van der Waals surface area contributed by atoms with Crippen molar-refractivity contribution in [2.45, 2.75) is 20.3 Å². The van der Waals surface area contributed by atoms with E-state index in [2.05, 4.69) is 5.32 Å². The van der Waals surface area contributed by atoms with Crippen molar-refractivity contribution in [2.75, 3.05) is 12.4 Å². The van der Waals surface area contributed by atoms with E-state index in [0.29, 0.717) is 12.1 Å². The van der Waals surface area contributed by atoms with Crippen molar-refractivity contribution in [1.29, 1.82) is 0 Å².